The molecule has 2 aromatic rings. The summed E-state index contributed by atoms with van der Waals surface area (Å²) in [6, 6.07) is 8.43. The Morgan fingerprint density at radius 3 is 2.42 bits per heavy atom. The maximum atomic E-state index is 12.6. The first kappa shape index (κ1) is 18.3. The summed E-state index contributed by atoms with van der Waals surface area (Å²) >= 11 is 0. The highest BCUT2D eigenvalue weighted by atomic mass is 16.5. The number of rotatable bonds is 5. The van der Waals surface area contributed by atoms with Crippen molar-refractivity contribution >= 4 is 11.7 Å². The summed E-state index contributed by atoms with van der Waals surface area (Å²) in [6.07, 6.45) is 5.82. The van der Waals surface area contributed by atoms with Crippen LogP contribution < -0.4 is 0 Å². The van der Waals surface area contributed by atoms with Crippen LogP contribution in [0.25, 0.3) is 16.0 Å². The fourth-order valence-corrected chi connectivity index (χ4v) is 4.14. The number of benzene rings is 1. The van der Waals surface area contributed by atoms with Crippen LogP contribution in [0.3, 0.4) is 0 Å². The van der Waals surface area contributed by atoms with Gasteiger partial charge in [0, 0.05) is 18.3 Å². The molecule has 0 N–H and O–H groups in total. The van der Waals surface area contributed by atoms with E-state index in [1.165, 1.54) is 31.2 Å². The van der Waals surface area contributed by atoms with E-state index in [4.69, 9.17) is 11.3 Å². The first-order valence-corrected chi connectivity index (χ1v) is 9.48. The van der Waals surface area contributed by atoms with Crippen molar-refractivity contribution in [3.8, 4) is 11.1 Å². The molecule has 1 aromatic carbocycles. The summed E-state index contributed by atoms with van der Waals surface area (Å²) in [5.41, 5.74) is 4.89. The number of ether oxygens (including phenoxy) is 1. The molecule has 1 heterocycles. The summed E-state index contributed by atoms with van der Waals surface area (Å²) in [6.45, 7) is 11.8. The normalized spacial score (nSPS) is 14.4. The molecular formula is C22H26N2O2. The quantitative estimate of drug-likeness (QED) is 0.517. The average molecular weight is 350 g/mol. The predicted octanol–water partition coefficient (Wildman–Crippen LogP) is 5.64. The molecule has 1 fully saturated rings. The van der Waals surface area contributed by atoms with E-state index in [0.29, 0.717) is 35.9 Å². The largest absolute Gasteiger partial charge is 0.461 e. The molecule has 1 aliphatic carbocycles. The molecule has 0 bridgehead atoms. The SMILES string of the molecule is [C-]#[N+]c1c(-c2ccc(C3CCCC3)cc2)c(C(=O)OCC)n(C)c1CC. The third-order valence-corrected chi connectivity index (χ3v) is 5.43. The van der Waals surface area contributed by atoms with Crippen molar-refractivity contribution in [3.05, 3.63) is 52.6 Å². The first-order chi connectivity index (χ1) is 12.6. The van der Waals surface area contributed by atoms with Gasteiger partial charge in [0.15, 0.2) is 0 Å². The topological polar surface area (TPSA) is 35.6 Å². The van der Waals surface area contributed by atoms with Gasteiger partial charge in [-0.2, -0.15) is 0 Å². The Morgan fingerprint density at radius 2 is 1.88 bits per heavy atom. The smallest absolute Gasteiger partial charge is 0.354 e. The Kier molecular flexibility index (Phi) is 5.46. The summed E-state index contributed by atoms with van der Waals surface area (Å²) in [5, 5.41) is 0. The van der Waals surface area contributed by atoms with Crippen LogP contribution in [0.2, 0.25) is 0 Å². The molecule has 1 saturated carbocycles. The lowest BCUT2D eigenvalue weighted by atomic mass is 9.94. The zero-order valence-corrected chi connectivity index (χ0v) is 15.8. The molecule has 4 heteroatoms. The Bertz CT molecular complexity index is 835. The van der Waals surface area contributed by atoms with Crippen LogP contribution in [0.1, 0.15) is 67.2 Å². The van der Waals surface area contributed by atoms with Gasteiger partial charge in [-0.25, -0.2) is 9.64 Å². The van der Waals surface area contributed by atoms with Gasteiger partial charge in [-0.1, -0.05) is 44.0 Å². The molecule has 0 unspecified atom stereocenters. The Hall–Kier alpha value is -2.54. The summed E-state index contributed by atoms with van der Waals surface area (Å²) < 4.78 is 7.10. The van der Waals surface area contributed by atoms with Crippen molar-refractivity contribution < 1.29 is 9.53 Å². The van der Waals surface area contributed by atoms with Crippen molar-refractivity contribution in [3.63, 3.8) is 0 Å². The minimum atomic E-state index is -0.366. The molecule has 0 atom stereocenters. The van der Waals surface area contributed by atoms with Crippen molar-refractivity contribution in [2.45, 2.75) is 51.9 Å². The third-order valence-electron chi connectivity index (χ3n) is 5.43. The van der Waals surface area contributed by atoms with Crippen LogP contribution >= 0.6 is 0 Å². The molecule has 1 aromatic heterocycles. The Balaban J connectivity index is 2.10. The number of carbonyl (C=O) groups is 1. The monoisotopic (exact) mass is 350 g/mol. The van der Waals surface area contributed by atoms with E-state index in [1.807, 2.05) is 18.5 Å². The number of hydrogen-bond acceptors (Lipinski definition) is 2. The van der Waals surface area contributed by atoms with Crippen LogP contribution in [0.15, 0.2) is 24.3 Å². The number of nitrogens with zero attached hydrogens (tertiary/aromatic N) is 2. The molecule has 1 aliphatic rings. The van der Waals surface area contributed by atoms with Crippen molar-refractivity contribution in [1.82, 2.24) is 4.57 Å². The second-order valence-electron chi connectivity index (χ2n) is 6.87. The minimum Gasteiger partial charge on any atom is -0.461 e. The molecule has 136 valence electrons. The fourth-order valence-electron chi connectivity index (χ4n) is 4.14. The zero-order valence-electron chi connectivity index (χ0n) is 15.8. The Labute approximate surface area is 155 Å². The van der Waals surface area contributed by atoms with Crippen LogP contribution in [-0.2, 0) is 18.2 Å². The summed E-state index contributed by atoms with van der Waals surface area (Å²) in [7, 11) is 1.84. The molecule has 4 nitrogen and oxygen atoms in total. The van der Waals surface area contributed by atoms with E-state index in [9.17, 15) is 4.79 Å². The van der Waals surface area contributed by atoms with E-state index in [0.717, 1.165) is 11.3 Å². The number of hydrogen-bond donors (Lipinski definition) is 0. The van der Waals surface area contributed by atoms with Gasteiger partial charge in [0.1, 0.15) is 5.69 Å². The zero-order chi connectivity index (χ0) is 18.7. The minimum absolute atomic E-state index is 0.318. The lowest BCUT2D eigenvalue weighted by molar-refractivity contribution is 0.0516. The lowest BCUT2D eigenvalue weighted by Gasteiger charge is -2.12. The summed E-state index contributed by atoms with van der Waals surface area (Å²) in [4.78, 5) is 16.4. The number of carbonyl (C=O) groups excluding carboxylic acids is 1. The average Bonchev–Trinajstić information content (AvgIpc) is 3.27. The van der Waals surface area contributed by atoms with Crippen LogP contribution in [0, 0.1) is 6.57 Å². The fraction of sp³-hybridized carbons (Fsp3) is 0.455. The van der Waals surface area contributed by atoms with Gasteiger partial charge in [0.25, 0.3) is 0 Å². The van der Waals surface area contributed by atoms with Crippen LogP contribution in [0.5, 0.6) is 0 Å². The first-order valence-electron chi connectivity index (χ1n) is 9.48. The maximum absolute atomic E-state index is 12.6. The molecule has 3 rings (SSSR count). The number of esters is 1. The summed E-state index contributed by atoms with van der Waals surface area (Å²) in [5.74, 6) is 0.283. The van der Waals surface area contributed by atoms with Gasteiger partial charge in [-0.15, -0.1) is 0 Å². The van der Waals surface area contributed by atoms with Crippen LogP contribution in [0.4, 0.5) is 5.69 Å². The van der Waals surface area contributed by atoms with Gasteiger partial charge >= 0.3 is 5.97 Å². The van der Waals surface area contributed by atoms with Gasteiger partial charge in [0.05, 0.1) is 13.2 Å². The lowest BCUT2D eigenvalue weighted by Crippen LogP contribution is -2.12. The second-order valence-corrected chi connectivity index (χ2v) is 6.87. The molecule has 0 amide bonds. The standard InChI is InChI=1S/C22H26N2O2/c1-5-18-20(23-3)19(21(24(18)4)22(25)26-6-2)17-13-11-16(12-14-17)15-9-7-8-10-15/h11-15H,5-10H2,1-2,4H3. The van der Waals surface area contributed by atoms with Crippen LogP contribution in [-0.4, -0.2) is 17.1 Å². The highest BCUT2D eigenvalue weighted by Crippen LogP contribution is 2.41. The van der Waals surface area contributed by atoms with Gasteiger partial charge in [0.2, 0.25) is 5.69 Å². The molecule has 26 heavy (non-hydrogen) atoms. The van der Waals surface area contributed by atoms with E-state index in [2.05, 4.69) is 29.1 Å². The highest BCUT2D eigenvalue weighted by Gasteiger charge is 2.27. The third kappa shape index (κ3) is 3.14. The van der Waals surface area contributed by atoms with E-state index >= 15 is 0 Å². The van der Waals surface area contributed by atoms with E-state index < -0.39 is 0 Å². The van der Waals surface area contributed by atoms with Crippen molar-refractivity contribution in [1.29, 1.82) is 0 Å². The molecule has 0 spiro atoms. The number of aromatic nitrogens is 1. The van der Waals surface area contributed by atoms with Gasteiger partial charge in [-0.3, -0.25) is 0 Å². The van der Waals surface area contributed by atoms with Gasteiger partial charge < -0.3 is 9.30 Å². The van der Waals surface area contributed by atoms with Crippen molar-refractivity contribution in [2.75, 3.05) is 6.61 Å². The maximum Gasteiger partial charge on any atom is 0.354 e. The van der Waals surface area contributed by atoms with E-state index in [-0.39, 0.29) is 5.97 Å². The molecule has 0 radical (unpaired) electrons. The Morgan fingerprint density at radius 1 is 1.23 bits per heavy atom. The second kappa shape index (κ2) is 7.78. The molecule has 0 saturated heterocycles. The van der Waals surface area contributed by atoms with Gasteiger partial charge in [-0.05, 0) is 43.2 Å². The molecular weight excluding hydrogens is 324 g/mol. The van der Waals surface area contributed by atoms with Crippen molar-refractivity contribution in [2.24, 2.45) is 7.05 Å². The predicted molar refractivity (Wildman–Crippen MR) is 104 cm³/mol. The molecule has 0 aliphatic heterocycles. The highest BCUT2D eigenvalue weighted by molar-refractivity contribution is 6.01. The van der Waals surface area contributed by atoms with E-state index in [1.54, 1.807) is 6.92 Å².